The fraction of sp³-hybridized carbons (Fsp3) is 0.300. The van der Waals surface area contributed by atoms with Crippen molar-refractivity contribution >= 4 is 0 Å². The van der Waals surface area contributed by atoms with Crippen molar-refractivity contribution in [3.63, 3.8) is 0 Å². The zero-order valence-electron chi connectivity index (χ0n) is 6.95. The smallest absolute Gasteiger partial charge is 0.123 e. The minimum absolute atomic E-state index is 0.160. The molecule has 0 saturated heterocycles. The van der Waals surface area contributed by atoms with E-state index in [1.54, 1.807) is 12.1 Å². The van der Waals surface area contributed by atoms with Crippen LogP contribution in [-0.2, 0) is 6.42 Å². The van der Waals surface area contributed by atoms with Gasteiger partial charge in [-0.1, -0.05) is 0 Å². The van der Waals surface area contributed by atoms with Crippen molar-refractivity contribution in [3.8, 4) is 0 Å². The minimum Gasteiger partial charge on any atom is -0.207 e. The molecule has 0 bridgehead atoms. The van der Waals surface area contributed by atoms with Crippen molar-refractivity contribution in [2.45, 2.75) is 20.3 Å². The number of aryl methyl sites for hydroxylation is 1. The van der Waals surface area contributed by atoms with Gasteiger partial charge in [0.2, 0.25) is 0 Å². The van der Waals surface area contributed by atoms with Crippen LogP contribution in [0, 0.1) is 26.6 Å². The van der Waals surface area contributed by atoms with Crippen LogP contribution in [0.3, 0.4) is 0 Å². The molecular formula is C10H12F. The molecule has 0 aliphatic carbocycles. The molecule has 0 spiro atoms. The summed E-state index contributed by atoms with van der Waals surface area (Å²) in [6.45, 7) is 7.64. The van der Waals surface area contributed by atoms with Crippen molar-refractivity contribution in [1.82, 2.24) is 0 Å². The Morgan fingerprint density at radius 1 is 1.36 bits per heavy atom. The Bertz CT molecular complexity index is 264. The maximum absolute atomic E-state index is 12.8. The molecule has 1 heteroatoms. The molecule has 0 unspecified atom stereocenters. The first-order chi connectivity index (χ1) is 5.15. The molecule has 0 fully saturated rings. The van der Waals surface area contributed by atoms with Crippen molar-refractivity contribution in [3.05, 3.63) is 41.6 Å². The van der Waals surface area contributed by atoms with Gasteiger partial charge in [0.25, 0.3) is 0 Å². The predicted octanol–water partition coefficient (Wildman–Crippen LogP) is 2.82. The van der Waals surface area contributed by atoms with E-state index >= 15 is 0 Å². The van der Waals surface area contributed by atoms with Gasteiger partial charge in [0, 0.05) is 0 Å². The molecule has 11 heavy (non-hydrogen) atoms. The van der Waals surface area contributed by atoms with Gasteiger partial charge in [0.1, 0.15) is 5.82 Å². The highest BCUT2D eigenvalue weighted by Gasteiger charge is 2.01. The molecule has 1 rings (SSSR count). The summed E-state index contributed by atoms with van der Waals surface area (Å²) in [5.74, 6) is -0.160. The summed E-state index contributed by atoms with van der Waals surface area (Å²) in [4.78, 5) is 0. The summed E-state index contributed by atoms with van der Waals surface area (Å²) < 4.78 is 12.8. The number of halogens is 1. The molecule has 0 N–H and O–H groups in total. The molecule has 0 amide bonds. The SMILES string of the molecule is [CH2]Cc1cc(F)cc(C)c1C. The van der Waals surface area contributed by atoms with E-state index < -0.39 is 0 Å². The maximum Gasteiger partial charge on any atom is 0.123 e. The molecule has 1 aromatic rings. The number of rotatable bonds is 1. The van der Waals surface area contributed by atoms with Crippen LogP contribution in [0.2, 0.25) is 0 Å². The lowest BCUT2D eigenvalue weighted by Crippen LogP contribution is -1.92. The predicted molar refractivity (Wildman–Crippen MR) is 44.9 cm³/mol. The normalized spacial score (nSPS) is 10.2. The summed E-state index contributed by atoms with van der Waals surface area (Å²) >= 11 is 0. The average molecular weight is 151 g/mol. The zero-order valence-corrected chi connectivity index (χ0v) is 6.95. The van der Waals surface area contributed by atoms with E-state index in [0.29, 0.717) is 6.42 Å². The van der Waals surface area contributed by atoms with Crippen molar-refractivity contribution in [2.24, 2.45) is 0 Å². The lowest BCUT2D eigenvalue weighted by atomic mass is 10.0. The summed E-state index contributed by atoms with van der Waals surface area (Å²) in [7, 11) is 0. The van der Waals surface area contributed by atoms with Crippen LogP contribution in [0.4, 0.5) is 4.39 Å². The fourth-order valence-corrected chi connectivity index (χ4v) is 1.14. The molecule has 1 radical (unpaired) electrons. The van der Waals surface area contributed by atoms with E-state index in [1.807, 2.05) is 13.8 Å². The molecular weight excluding hydrogens is 139 g/mol. The van der Waals surface area contributed by atoms with E-state index in [4.69, 9.17) is 0 Å². The molecule has 0 saturated carbocycles. The van der Waals surface area contributed by atoms with Gasteiger partial charge >= 0.3 is 0 Å². The number of benzene rings is 1. The Labute approximate surface area is 67.1 Å². The molecule has 0 nitrogen and oxygen atoms in total. The Kier molecular flexibility index (Phi) is 2.28. The van der Waals surface area contributed by atoms with Crippen LogP contribution in [0.5, 0.6) is 0 Å². The van der Waals surface area contributed by atoms with Gasteiger partial charge in [-0.15, -0.1) is 0 Å². The van der Waals surface area contributed by atoms with Crippen LogP contribution in [-0.4, -0.2) is 0 Å². The summed E-state index contributed by atoms with van der Waals surface area (Å²) in [5, 5.41) is 0. The summed E-state index contributed by atoms with van der Waals surface area (Å²) in [6, 6.07) is 3.10. The van der Waals surface area contributed by atoms with Crippen LogP contribution >= 0.6 is 0 Å². The van der Waals surface area contributed by atoms with Crippen molar-refractivity contribution in [1.29, 1.82) is 0 Å². The highest BCUT2D eigenvalue weighted by molar-refractivity contribution is 5.34. The lowest BCUT2D eigenvalue weighted by molar-refractivity contribution is 0.624. The minimum atomic E-state index is -0.160. The molecule has 0 heterocycles. The molecule has 0 aliphatic heterocycles. The second kappa shape index (κ2) is 3.04. The zero-order chi connectivity index (χ0) is 8.43. The van der Waals surface area contributed by atoms with E-state index in [1.165, 1.54) is 0 Å². The first kappa shape index (κ1) is 8.25. The third-order valence-corrected chi connectivity index (χ3v) is 2.01. The third-order valence-electron chi connectivity index (χ3n) is 2.01. The van der Waals surface area contributed by atoms with E-state index in [9.17, 15) is 4.39 Å². The second-order valence-corrected chi connectivity index (χ2v) is 2.76. The van der Waals surface area contributed by atoms with Gasteiger partial charge in [-0.2, -0.15) is 0 Å². The Morgan fingerprint density at radius 3 is 2.55 bits per heavy atom. The Balaban J connectivity index is 3.24. The van der Waals surface area contributed by atoms with Gasteiger partial charge in [0.15, 0.2) is 0 Å². The lowest BCUT2D eigenvalue weighted by Gasteiger charge is -2.05. The highest BCUT2D eigenvalue weighted by atomic mass is 19.1. The van der Waals surface area contributed by atoms with Crippen LogP contribution in [0.25, 0.3) is 0 Å². The largest absolute Gasteiger partial charge is 0.207 e. The number of hydrogen-bond acceptors (Lipinski definition) is 0. The first-order valence-electron chi connectivity index (χ1n) is 3.70. The van der Waals surface area contributed by atoms with E-state index in [0.717, 1.165) is 16.7 Å². The van der Waals surface area contributed by atoms with E-state index in [2.05, 4.69) is 6.92 Å². The molecule has 59 valence electrons. The topological polar surface area (TPSA) is 0 Å². The standard InChI is InChI=1S/C10H12F/c1-4-9-6-10(11)5-7(2)8(9)3/h5-6H,1,4H2,2-3H3. The van der Waals surface area contributed by atoms with Gasteiger partial charge in [-0.3, -0.25) is 0 Å². The second-order valence-electron chi connectivity index (χ2n) is 2.76. The van der Waals surface area contributed by atoms with Crippen LogP contribution in [0.15, 0.2) is 12.1 Å². The van der Waals surface area contributed by atoms with Crippen molar-refractivity contribution in [2.75, 3.05) is 0 Å². The highest BCUT2D eigenvalue weighted by Crippen LogP contribution is 2.15. The summed E-state index contributed by atoms with van der Waals surface area (Å²) in [5.41, 5.74) is 3.16. The quantitative estimate of drug-likeness (QED) is 0.579. The van der Waals surface area contributed by atoms with Crippen LogP contribution in [0.1, 0.15) is 16.7 Å². The molecule has 0 atom stereocenters. The monoisotopic (exact) mass is 151 g/mol. The average Bonchev–Trinajstić information content (AvgIpc) is 1.96. The molecule has 0 aromatic heterocycles. The van der Waals surface area contributed by atoms with Gasteiger partial charge in [-0.05, 0) is 56.0 Å². The van der Waals surface area contributed by atoms with Gasteiger partial charge in [-0.25, -0.2) is 4.39 Å². The Hall–Kier alpha value is -0.850. The van der Waals surface area contributed by atoms with Gasteiger partial charge < -0.3 is 0 Å². The fourth-order valence-electron chi connectivity index (χ4n) is 1.14. The molecule has 0 aliphatic rings. The first-order valence-corrected chi connectivity index (χ1v) is 3.70. The number of hydrogen-bond donors (Lipinski definition) is 0. The Morgan fingerprint density at radius 2 is 2.00 bits per heavy atom. The maximum atomic E-state index is 12.8. The van der Waals surface area contributed by atoms with Crippen molar-refractivity contribution < 1.29 is 4.39 Å². The van der Waals surface area contributed by atoms with Gasteiger partial charge in [0.05, 0.1) is 0 Å². The van der Waals surface area contributed by atoms with Crippen LogP contribution < -0.4 is 0 Å². The third kappa shape index (κ3) is 1.59. The summed E-state index contributed by atoms with van der Waals surface area (Å²) in [6.07, 6.45) is 0.657. The molecule has 1 aromatic carbocycles. The van der Waals surface area contributed by atoms with E-state index in [-0.39, 0.29) is 5.82 Å².